The number of hydrogen-bond donors (Lipinski definition) is 1. The fourth-order valence-electron chi connectivity index (χ4n) is 0.288. The molecular formula is C3H3BrClNS. The summed E-state index contributed by atoms with van der Waals surface area (Å²) in [5, 5.41) is 0. The highest BCUT2D eigenvalue weighted by atomic mass is 79.9. The van der Waals surface area contributed by atoms with Crippen molar-refractivity contribution < 1.29 is 0 Å². The summed E-state index contributed by atoms with van der Waals surface area (Å²) in [4.78, 5) is 0. The first-order valence-corrected chi connectivity index (χ1v) is 3.73. The van der Waals surface area contributed by atoms with Gasteiger partial charge < -0.3 is 0 Å². The third kappa shape index (κ3) is 1.35. The predicted molar refractivity (Wildman–Crippen MR) is 37.4 cm³/mol. The Morgan fingerprint density at radius 3 is 2.71 bits per heavy atom. The van der Waals surface area contributed by atoms with Crippen LogP contribution in [0.4, 0.5) is 0 Å². The second kappa shape index (κ2) is 2.40. The Hall–Kier alpha value is 0.820. The molecular weight excluding hydrogens is 197 g/mol. The molecule has 1 N–H and O–H groups in total. The van der Waals surface area contributed by atoms with E-state index in [9.17, 15) is 0 Å². The first-order valence-electron chi connectivity index (χ1n) is 1.74. The summed E-state index contributed by atoms with van der Waals surface area (Å²) >= 11 is 10.3. The standard InChI is InChI=1S/C3H3BrClNS/c4-2-1-6-7-3(2)5/h6H,1H2. The average molecular weight is 200 g/mol. The van der Waals surface area contributed by atoms with Crippen LogP contribution in [0, 0.1) is 0 Å². The molecule has 0 spiro atoms. The molecule has 0 unspecified atom stereocenters. The lowest BCUT2D eigenvalue weighted by molar-refractivity contribution is 1.15. The van der Waals surface area contributed by atoms with Crippen LogP contribution in [0.2, 0.25) is 0 Å². The molecule has 4 heteroatoms. The van der Waals surface area contributed by atoms with Crippen molar-refractivity contribution in [3.8, 4) is 0 Å². The minimum Gasteiger partial charge on any atom is -0.254 e. The molecule has 0 saturated carbocycles. The quantitative estimate of drug-likeness (QED) is 0.601. The van der Waals surface area contributed by atoms with E-state index in [1.807, 2.05) is 0 Å². The van der Waals surface area contributed by atoms with Crippen LogP contribution >= 0.6 is 39.5 Å². The number of halogens is 2. The highest BCUT2D eigenvalue weighted by Gasteiger charge is 2.08. The van der Waals surface area contributed by atoms with Crippen molar-refractivity contribution in [3.05, 3.63) is 8.85 Å². The Bertz CT molecular complexity index is 102. The molecule has 1 nitrogen and oxygen atoms in total. The molecule has 0 aromatic heterocycles. The van der Waals surface area contributed by atoms with Gasteiger partial charge in [-0.2, -0.15) is 0 Å². The van der Waals surface area contributed by atoms with E-state index in [4.69, 9.17) is 11.6 Å². The maximum atomic E-state index is 5.60. The average Bonchev–Trinajstić information content (AvgIpc) is 1.91. The Labute approximate surface area is 59.8 Å². The second-order valence-electron chi connectivity index (χ2n) is 1.10. The fraction of sp³-hybridized carbons (Fsp3) is 0.333. The summed E-state index contributed by atoms with van der Waals surface area (Å²) in [6.45, 7) is 0.851. The van der Waals surface area contributed by atoms with Gasteiger partial charge in [0.05, 0.1) is 0 Å². The molecule has 0 radical (unpaired) electrons. The van der Waals surface area contributed by atoms with Crippen LogP contribution in [0.3, 0.4) is 0 Å². The van der Waals surface area contributed by atoms with E-state index >= 15 is 0 Å². The van der Waals surface area contributed by atoms with Crippen molar-refractivity contribution >= 4 is 39.5 Å². The van der Waals surface area contributed by atoms with Crippen molar-refractivity contribution in [2.45, 2.75) is 0 Å². The van der Waals surface area contributed by atoms with Gasteiger partial charge >= 0.3 is 0 Å². The first kappa shape index (κ1) is 5.95. The minimum atomic E-state index is 0.819. The lowest BCUT2D eigenvalue weighted by Gasteiger charge is -1.80. The minimum absolute atomic E-state index is 0.819. The number of hydrogen-bond acceptors (Lipinski definition) is 2. The van der Waals surface area contributed by atoms with Gasteiger partial charge in [0, 0.05) is 11.0 Å². The third-order valence-electron chi connectivity index (χ3n) is 0.602. The molecule has 1 rings (SSSR count). The van der Waals surface area contributed by atoms with E-state index in [0.717, 1.165) is 15.4 Å². The summed E-state index contributed by atoms with van der Waals surface area (Å²) in [6, 6.07) is 0. The van der Waals surface area contributed by atoms with Gasteiger partial charge in [-0.05, 0) is 11.9 Å². The molecule has 0 aromatic carbocycles. The zero-order chi connectivity index (χ0) is 5.28. The maximum Gasteiger partial charge on any atom is 0.100 e. The van der Waals surface area contributed by atoms with Crippen molar-refractivity contribution in [3.63, 3.8) is 0 Å². The fourth-order valence-corrected chi connectivity index (χ4v) is 1.61. The highest BCUT2D eigenvalue weighted by molar-refractivity contribution is 9.11. The Balaban J connectivity index is 2.64. The van der Waals surface area contributed by atoms with Gasteiger partial charge in [0.15, 0.2) is 0 Å². The summed E-state index contributed by atoms with van der Waals surface area (Å²) in [5.41, 5.74) is 0. The molecule has 1 aliphatic heterocycles. The van der Waals surface area contributed by atoms with Crippen LogP contribution < -0.4 is 4.72 Å². The van der Waals surface area contributed by atoms with Crippen molar-refractivity contribution in [1.29, 1.82) is 0 Å². The van der Waals surface area contributed by atoms with E-state index in [1.54, 1.807) is 0 Å². The van der Waals surface area contributed by atoms with Gasteiger partial charge in [0.1, 0.15) is 4.36 Å². The largest absolute Gasteiger partial charge is 0.254 e. The van der Waals surface area contributed by atoms with Gasteiger partial charge in [-0.15, -0.1) is 0 Å². The van der Waals surface area contributed by atoms with Crippen LogP contribution in [-0.2, 0) is 0 Å². The zero-order valence-electron chi connectivity index (χ0n) is 3.37. The number of rotatable bonds is 0. The van der Waals surface area contributed by atoms with Crippen LogP contribution in [0.5, 0.6) is 0 Å². The van der Waals surface area contributed by atoms with Crippen molar-refractivity contribution in [2.75, 3.05) is 6.54 Å². The third-order valence-corrected chi connectivity index (χ3v) is 2.94. The molecule has 0 atom stereocenters. The van der Waals surface area contributed by atoms with E-state index in [-0.39, 0.29) is 0 Å². The predicted octanol–water partition coefficient (Wildman–Crippen LogP) is 2.04. The lowest BCUT2D eigenvalue weighted by Crippen LogP contribution is -1.95. The molecule has 7 heavy (non-hydrogen) atoms. The monoisotopic (exact) mass is 199 g/mol. The van der Waals surface area contributed by atoms with Gasteiger partial charge in [0.2, 0.25) is 0 Å². The molecule has 0 saturated heterocycles. The van der Waals surface area contributed by atoms with Gasteiger partial charge in [-0.25, -0.2) is 0 Å². The normalized spacial score (nSPS) is 21.4. The Kier molecular flexibility index (Phi) is 2.04. The van der Waals surface area contributed by atoms with E-state index in [0.29, 0.717) is 0 Å². The molecule has 0 fully saturated rings. The summed E-state index contributed by atoms with van der Waals surface area (Å²) in [6.07, 6.45) is 0. The number of nitrogens with one attached hydrogen (secondary N) is 1. The van der Waals surface area contributed by atoms with E-state index in [1.165, 1.54) is 11.9 Å². The topological polar surface area (TPSA) is 12.0 Å². The molecule has 0 aromatic rings. The molecule has 40 valence electrons. The molecule has 0 aliphatic carbocycles. The summed E-state index contributed by atoms with van der Waals surface area (Å²) < 4.78 is 4.86. The first-order chi connectivity index (χ1) is 3.30. The highest BCUT2D eigenvalue weighted by Crippen LogP contribution is 2.29. The maximum absolute atomic E-state index is 5.60. The van der Waals surface area contributed by atoms with Crippen LogP contribution in [-0.4, -0.2) is 6.54 Å². The SMILES string of the molecule is ClC1=C(Br)CNS1. The van der Waals surface area contributed by atoms with Crippen LogP contribution in [0.15, 0.2) is 8.85 Å². The van der Waals surface area contributed by atoms with Crippen molar-refractivity contribution in [2.24, 2.45) is 0 Å². The molecule has 0 bridgehead atoms. The molecule has 1 heterocycles. The summed E-state index contributed by atoms with van der Waals surface area (Å²) in [5.74, 6) is 0. The van der Waals surface area contributed by atoms with Crippen LogP contribution in [0.25, 0.3) is 0 Å². The molecule has 0 amide bonds. The Morgan fingerprint density at radius 1 is 1.86 bits per heavy atom. The smallest absolute Gasteiger partial charge is 0.100 e. The van der Waals surface area contributed by atoms with Gasteiger partial charge in [-0.1, -0.05) is 27.5 Å². The van der Waals surface area contributed by atoms with E-state index < -0.39 is 0 Å². The Morgan fingerprint density at radius 2 is 2.57 bits per heavy atom. The summed E-state index contributed by atoms with van der Waals surface area (Å²) in [7, 11) is 0. The van der Waals surface area contributed by atoms with E-state index in [2.05, 4.69) is 20.7 Å². The van der Waals surface area contributed by atoms with Crippen molar-refractivity contribution in [1.82, 2.24) is 4.72 Å². The van der Waals surface area contributed by atoms with Crippen LogP contribution in [0.1, 0.15) is 0 Å². The molecule has 1 aliphatic rings. The zero-order valence-corrected chi connectivity index (χ0v) is 6.53. The van der Waals surface area contributed by atoms with Gasteiger partial charge in [0.25, 0.3) is 0 Å². The lowest BCUT2D eigenvalue weighted by atomic mass is 10.7. The second-order valence-corrected chi connectivity index (χ2v) is 3.56. The van der Waals surface area contributed by atoms with Gasteiger partial charge in [-0.3, -0.25) is 4.72 Å².